The van der Waals surface area contributed by atoms with Crippen LogP contribution in [0, 0.1) is 0 Å². The number of rotatable bonds is 5. The maximum atomic E-state index is 12.4. The Balaban J connectivity index is 1.84. The Morgan fingerprint density at radius 2 is 1.86 bits per heavy atom. The summed E-state index contributed by atoms with van der Waals surface area (Å²) < 4.78 is 15.9. The van der Waals surface area contributed by atoms with Crippen LogP contribution in [-0.2, 0) is 6.42 Å². The Bertz CT molecular complexity index is 789. The average molecular weight is 297 g/mol. The number of carbonyl (C=O) groups is 1. The van der Waals surface area contributed by atoms with Crippen molar-refractivity contribution in [3.63, 3.8) is 0 Å². The maximum absolute atomic E-state index is 12.4. The Morgan fingerprint density at radius 1 is 1.09 bits per heavy atom. The molecule has 0 aliphatic rings. The number of fused-ring (bicyclic) bond motifs is 1. The molecular weight excluding hydrogens is 282 g/mol. The van der Waals surface area contributed by atoms with Gasteiger partial charge in [-0.3, -0.25) is 4.79 Å². The molecule has 5 nitrogen and oxygen atoms in total. The summed E-state index contributed by atoms with van der Waals surface area (Å²) in [6.07, 6.45) is 0.101. The molecule has 5 heteroatoms. The summed E-state index contributed by atoms with van der Waals surface area (Å²) in [6.45, 7) is 0. The molecule has 3 aromatic rings. The minimum Gasteiger partial charge on any atom is -0.493 e. The second-order valence-corrected chi connectivity index (χ2v) is 4.75. The van der Waals surface area contributed by atoms with Gasteiger partial charge in [0.2, 0.25) is 5.89 Å². The summed E-state index contributed by atoms with van der Waals surface area (Å²) in [7, 11) is 3.09. The fourth-order valence-corrected chi connectivity index (χ4v) is 2.24. The number of nitrogens with zero attached hydrogens (tertiary/aromatic N) is 1. The van der Waals surface area contributed by atoms with Crippen molar-refractivity contribution in [1.82, 2.24) is 4.98 Å². The Morgan fingerprint density at radius 3 is 2.59 bits per heavy atom. The maximum Gasteiger partial charge on any atom is 0.203 e. The number of oxazole rings is 1. The first-order chi connectivity index (χ1) is 10.7. The molecule has 0 saturated heterocycles. The molecule has 112 valence electrons. The number of aromatic nitrogens is 1. The van der Waals surface area contributed by atoms with Gasteiger partial charge in [-0.1, -0.05) is 12.1 Å². The smallest absolute Gasteiger partial charge is 0.203 e. The molecule has 1 heterocycles. The molecule has 0 radical (unpaired) electrons. The Kier molecular flexibility index (Phi) is 3.78. The molecule has 3 rings (SSSR count). The van der Waals surface area contributed by atoms with Crippen LogP contribution in [-0.4, -0.2) is 25.0 Å². The van der Waals surface area contributed by atoms with Gasteiger partial charge in [0, 0.05) is 5.56 Å². The summed E-state index contributed by atoms with van der Waals surface area (Å²) in [5.74, 6) is 1.42. The summed E-state index contributed by atoms with van der Waals surface area (Å²) in [4.78, 5) is 16.7. The van der Waals surface area contributed by atoms with Gasteiger partial charge in [0.15, 0.2) is 22.9 Å². The van der Waals surface area contributed by atoms with Gasteiger partial charge in [-0.25, -0.2) is 4.98 Å². The van der Waals surface area contributed by atoms with Crippen molar-refractivity contribution in [2.24, 2.45) is 0 Å². The Hall–Kier alpha value is -2.82. The highest BCUT2D eigenvalue weighted by Crippen LogP contribution is 2.28. The third-order valence-corrected chi connectivity index (χ3v) is 3.36. The summed E-state index contributed by atoms with van der Waals surface area (Å²) in [5.41, 5.74) is 1.95. The normalized spacial score (nSPS) is 10.6. The molecule has 0 bridgehead atoms. The first kappa shape index (κ1) is 14.1. The van der Waals surface area contributed by atoms with Crippen LogP contribution in [0.15, 0.2) is 46.9 Å². The van der Waals surface area contributed by atoms with Crippen molar-refractivity contribution < 1.29 is 18.7 Å². The van der Waals surface area contributed by atoms with E-state index in [1.165, 1.54) is 7.11 Å². The molecule has 1 aromatic heterocycles. The molecule has 0 aliphatic heterocycles. The number of ether oxygens (including phenoxy) is 2. The molecule has 22 heavy (non-hydrogen) atoms. The minimum atomic E-state index is -0.0903. The highest BCUT2D eigenvalue weighted by molar-refractivity contribution is 5.97. The van der Waals surface area contributed by atoms with Crippen molar-refractivity contribution in [3.05, 3.63) is 53.9 Å². The molecule has 0 N–H and O–H groups in total. The number of benzene rings is 2. The van der Waals surface area contributed by atoms with Crippen LogP contribution in [0.1, 0.15) is 16.2 Å². The molecular formula is C17H15NO4. The predicted molar refractivity (Wildman–Crippen MR) is 81.6 cm³/mol. The summed E-state index contributed by atoms with van der Waals surface area (Å²) in [5, 5.41) is 0. The molecule has 0 fully saturated rings. The van der Waals surface area contributed by atoms with Crippen LogP contribution in [0.5, 0.6) is 11.5 Å². The predicted octanol–water partition coefficient (Wildman–Crippen LogP) is 3.27. The zero-order valence-corrected chi connectivity index (χ0v) is 12.3. The van der Waals surface area contributed by atoms with E-state index in [1.54, 1.807) is 25.3 Å². The van der Waals surface area contributed by atoms with E-state index in [0.29, 0.717) is 28.5 Å². The zero-order valence-electron chi connectivity index (χ0n) is 12.3. The van der Waals surface area contributed by atoms with Gasteiger partial charge in [0.05, 0.1) is 20.6 Å². The van der Waals surface area contributed by atoms with Crippen LogP contribution >= 0.6 is 0 Å². The molecule has 0 unspecified atom stereocenters. The number of para-hydroxylation sites is 2. The van der Waals surface area contributed by atoms with E-state index < -0.39 is 0 Å². The average Bonchev–Trinajstić information content (AvgIpc) is 2.96. The van der Waals surface area contributed by atoms with E-state index >= 15 is 0 Å². The number of hydrogen-bond donors (Lipinski definition) is 0. The van der Waals surface area contributed by atoms with Gasteiger partial charge < -0.3 is 13.9 Å². The third-order valence-electron chi connectivity index (χ3n) is 3.36. The highest BCUT2D eigenvalue weighted by atomic mass is 16.5. The monoisotopic (exact) mass is 297 g/mol. The van der Waals surface area contributed by atoms with E-state index in [-0.39, 0.29) is 12.2 Å². The molecule has 0 spiro atoms. The number of methoxy groups -OCH3 is 2. The van der Waals surface area contributed by atoms with Gasteiger partial charge in [-0.05, 0) is 30.3 Å². The topological polar surface area (TPSA) is 61.6 Å². The van der Waals surface area contributed by atoms with Gasteiger partial charge in [0.1, 0.15) is 5.52 Å². The van der Waals surface area contributed by atoms with Crippen LogP contribution in [0.25, 0.3) is 11.1 Å². The molecule has 2 aromatic carbocycles. The SMILES string of the molecule is COc1ccc(C(=O)Cc2nc3ccccc3o2)cc1OC. The van der Waals surface area contributed by atoms with Crippen molar-refractivity contribution >= 4 is 16.9 Å². The van der Waals surface area contributed by atoms with Gasteiger partial charge >= 0.3 is 0 Å². The second kappa shape index (κ2) is 5.89. The fraction of sp³-hybridized carbons (Fsp3) is 0.176. The first-order valence-corrected chi connectivity index (χ1v) is 6.81. The molecule has 0 atom stereocenters. The van der Waals surface area contributed by atoms with E-state index in [2.05, 4.69) is 4.98 Å². The lowest BCUT2D eigenvalue weighted by Gasteiger charge is -2.08. The molecule has 0 amide bonds. The van der Waals surface area contributed by atoms with E-state index in [1.807, 2.05) is 24.3 Å². The van der Waals surface area contributed by atoms with Crippen LogP contribution in [0.2, 0.25) is 0 Å². The Labute approximate surface area is 127 Å². The summed E-state index contributed by atoms with van der Waals surface area (Å²) in [6, 6.07) is 12.5. The van der Waals surface area contributed by atoms with Crippen molar-refractivity contribution in [3.8, 4) is 11.5 Å². The lowest BCUT2D eigenvalue weighted by atomic mass is 10.1. The van der Waals surface area contributed by atoms with Crippen molar-refractivity contribution in [2.75, 3.05) is 14.2 Å². The van der Waals surface area contributed by atoms with Crippen LogP contribution < -0.4 is 9.47 Å². The summed E-state index contributed by atoms with van der Waals surface area (Å²) >= 11 is 0. The van der Waals surface area contributed by atoms with Gasteiger partial charge in [-0.2, -0.15) is 0 Å². The second-order valence-electron chi connectivity index (χ2n) is 4.75. The number of Topliss-reactive ketones (excluding diaryl/α,β-unsaturated/α-hetero) is 1. The van der Waals surface area contributed by atoms with Crippen molar-refractivity contribution in [1.29, 1.82) is 0 Å². The molecule has 0 saturated carbocycles. The minimum absolute atomic E-state index is 0.0903. The number of carbonyl (C=O) groups excluding carboxylic acids is 1. The first-order valence-electron chi connectivity index (χ1n) is 6.81. The lowest BCUT2D eigenvalue weighted by molar-refractivity contribution is 0.0985. The largest absolute Gasteiger partial charge is 0.493 e. The molecule has 0 aliphatic carbocycles. The van der Waals surface area contributed by atoms with Crippen LogP contribution in [0.4, 0.5) is 0 Å². The number of hydrogen-bond acceptors (Lipinski definition) is 5. The van der Waals surface area contributed by atoms with E-state index in [4.69, 9.17) is 13.9 Å². The van der Waals surface area contributed by atoms with Gasteiger partial charge in [-0.15, -0.1) is 0 Å². The number of ketones is 1. The zero-order chi connectivity index (χ0) is 15.5. The lowest BCUT2D eigenvalue weighted by Crippen LogP contribution is -2.04. The fourth-order valence-electron chi connectivity index (χ4n) is 2.24. The van der Waals surface area contributed by atoms with Crippen molar-refractivity contribution in [2.45, 2.75) is 6.42 Å². The highest BCUT2D eigenvalue weighted by Gasteiger charge is 2.14. The standard InChI is InChI=1S/C17H15NO4/c1-20-15-8-7-11(9-16(15)21-2)13(19)10-17-18-12-5-3-4-6-14(12)22-17/h3-9H,10H2,1-2H3. The van der Waals surface area contributed by atoms with E-state index in [9.17, 15) is 4.79 Å². The quantitative estimate of drug-likeness (QED) is 0.676. The van der Waals surface area contributed by atoms with Crippen LogP contribution in [0.3, 0.4) is 0 Å². The van der Waals surface area contributed by atoms with Gasteiger partial charge in [0.25, 0.3) is 0 Å². The van der Waals surface area contributed by atoms with E-state index in [0.717, 1.165) is 5.52 Å². The third kappa shape index (κ3) is 2.65.